The maximum absolute atomic E-state index is 13.0. The number of amides is 2. The van der Waals surface area contributed by atoms with Crippen LogP contribution in [0, 0.1) is 11.8 Å². The lowest BCUT2D eigenvalue weighted by atomic mass is 9.76. The number of hydrogen-bond acceptors (Lipinski definition) is 4. The van der Waals surface area contributed by atoms with Crippen molar-refractivity contribution in [3.63, 3.8) is 0 Å². The van der Waals surface area contributed by atoms with Crippen molar-refractivity contribution in [1.29, 1.82) is 0 Å². The maximum Gasteiger partial charge on any atom is 0.236 e. The first kappa shape index (κ1) is 19.8. The van der Waals surface area contributed by atoms with Crippen LogP contribution in [0.15, 0.2) is 0 Å². The molecular weight excluding hydrogens is 364 g/mol. The topological polar surface area (TPSA) is 47.1 Å². The Hall–Kier alpha value is -1.14. The average molecular weight is 403 g/mol. The van der Waals surface area contributed by atoms with Crippen LogP contribution in [0.3, 0.4) is 0 Å². The van der Waals surface area contributed by atoms with E-state index in [4.69, 9.17) is 0 Å². The Labute approximate surface area is 175 Å². The van der Waals surface area contributed by atoms with Gasteiger partial charge in [0.1, 0.15) is 0 Å². The molecule has 5 aliphatic rings. The molecule has 3 unspecified atom stereocenters. The minimum absolute atomic E-state index is 0.332. The van der Waals surface area contributed by atoms with Crippen molar-refractivity contribution < 1.29 is 9.59 Å². The molecule has 0 aromatic carbocycles. The highest BCUT2D eigenvalue weighted by molar-refractivity contribution is 5.78. The molecule has 0 N–H and O–H groups in total. The molecule has 2 amide bonds. The average Bonchev–Trinajstić information content (AvgIpc) is 2.75. The molecule has 0 spiro atoms. The van der Waals surface area contributed by atoms with Crippen LogP contribution in [-0.2, 0) is 9.59 Å². The van der Waals surface area contributed by atoms with Crippen molar-refractivity contribution in [2.24, 2.45) is 11.8 Å². The van der Waals surface area contributed by atoms with Gasteiger partial charge in [-0.1, -0.05) is 6.42 Å². The van der Waals surface area contributed by atoms with Gasteiger partial charge in [-0.15, -0.1) is 0 Å². The molecule has 5 heterocycles. The summed E-state index contributed by atoms with van der Waals surface area (Å²) in [6, 6.07) is 1.13. The minimum Gasteiger partial charge on any atom is -0.341 e. The van der Waals surface area contributed by atoms with Gasteiger partial charge >= 0.3 is 0 Å². The molecule has 5 saturated heterocycles. The Morgan fingerprint density at radius 2 is 1.69 bits per heavy atom. The van der Waals surface area contributed by atoms with Crippen LogP contribution in [0.2, 0.25) is 0 Å². The first-order valence-corrected chi connectivity index (χ1v) is 12.2. The second kappa shape index (κ2) is 8.54. The van der Waals surface area contributed by atoms with E-state index < -0.39 is 0 Å². The van der Waals surface area contributed by atoms with E-state index in [0.29, 0.717) is 42.3 Å². The van der Waals surface area contributed by atoms with Crippen LogP contribution >= 0.6 is 0 Å². The first-order valence-electron chi connectivity index (χ1n) is 12.2. The first-order chi connectivity index (χ1) is 14.2. The third kappa shape index (κ3) is 4.20. The quantitative estimate of drug-likeness (QED) is 0.722. The highest BCUT2D eigenvalue weighted by atomic mass is 16.2. The van der Waals surface area contributed by atoms with Crippen molar-refractivity contribution in [3.8, 4) is 0 Å². The lowest BCUT2D eigenvalue weighted by molar-refractivity contribution is -0.147. The van der Waals surface area contributed by atoms with Gasteiger partial charge < -0.3 is 14.7 Å². The number of piperidine rings is 5. The van der Waals surface area contributed by atoms with Crippen molar-refractivity contribution in [2.75, 3.05) is 52.4 Å². The fraction of sp³-hybridized carbons (Fsp3) is 0.913. The summed E-state index contributed by atoms with van der Waals surface area (Å²) in [5.41, 5.74) is 0. The van der Waals surface area contributed by atoms with Crippen LogP contribution in [0.25, 0.3) is 0 Å². The predicted molar refractivity (Wildman–Crippen MR) is 112 cm³/mol. The Morgan fingerprint density at radius 1 is 0.897 bits per heavy atom. The molecule has 6 heteroatoms. The van der Waals surface area contributed by atoms with E-state index in [9.17, 15) is 9.59 Å². The number of likely N-dealkylation sites (tertiary alicyclic amines) is 3. The third-order valence-electron chi connectivity index (χ3n) is 8.34. The largest absolute Gasteiger partial charge is 0.341 e. The van der Waals surface area contributed by atoms with Gasteiger partial charge in [0.15, 0.2) is 0 Å². The van der Waals surface area contributed by atoms with Crippen molar-refractivity contribution >= 4 is 11.8 Å². The molecule has 2 bridgehead atoms. The zero-order valence-electron chi connectivity index (χ0n) is 17.9. The number of rotatable bonds is 3. The Balaban J connectivity index is 1.12. The van der Waals surface area contributed by atoms with Crippen molar-refractivity contribution in [1.82, 2.24) is 19.6 Å². The van der Waals surface area contributed by atoms with E-state index in [-0.39, 0.29) is 0 Å². The smallest absolute Gasteiger partial charge is 0.236 e. The number of fused-ring (bicyclic) bond motifs is 4. The molecule has 0 saturated carbocycles. The van der Waals surface area contributed by atoms with Crippen LogP contribution < -0.4 is 0 Å². The van der Waals surface area contributed by atoms with Gasteiger partial charge in [0.25, 0.3) is 0 Å². The number of hydrogen-bond donors (Lipinski definition) is 0. The molecule has 5 aliphatic heterocycles. The summed E-state index contributed by atoms with van der Waals surface area (Å²) in [6.45, 7) is 7.89. The summed E-state index contributed by atoms with van der Waals surface area (Å²) in [7, 11) is 0. The van der Waals surface area contributed by atoms with E-state index in [2.05, 4.69) is 19.6 Å². The fourth-order valence-electron chi connectivity index (χ4n) is 6.90. The molecule has 0 radical (unpaired) electrons. The van der Waals surface area contributed by atoms with Crippen molar-refractivity contribution in [2.45, 2.75) is 69.9 Å². The van der Waals surface area contributed by atoms with Gasteiger partial charge in [-0.25, -0.2) is 0 Å². The van der Waals surface area contributed by atoms with Gasteiger partial charge in [-0.3, -0.25) is 14.5 Å². The van der Waals surface area contributed by atoms with Crippen LogP contribution in [0.4, 0.5) is 0 Å². The Bertz CT molecular complexity index is 612. The lowest BCUT2D eigenvalue weighted by Crippen LogP contribution is -2.61. The Morgan fingerprint density at radius 3 is 2.48 bits per heavy atom. The second-order valence-corrected chi connectivity index (χ2v) is 10.3. The molecule has 0 aliphatic carbocycles. The molecule has 3 atom stereocenters. The summed E-state index contributed by atoms with van der Waals surface area (Å²) < 4.78 is 0. The summed E-state index contributed by atoms with van der Waals surface area (Å²) in [5.74, 6) is 1.84. The fourth-order valence-corrected chi connectivity index (χ4v) is 6.90. The van der Waals surface area contributed by atoms with E-state index >= 15 is 0 Å². The predicted octanol–water partition coefficient (Wildman–Crippen LogP) is 1.80. The van der Waals surface area contributed by atoms with Crippen LogP contribution in [0.1, 0.15) is 57.8 Å². The number of carbonyl (C=O) groups excluding carboxylic acids is 2. The summed E-state index contributed by atoms with van der Waals surface area (Å²) in [5, 5.41) is 0. The van der Waals surface area contributed by atoms with Gasteiger partial charge in [-0.05, 0) is 69.9 Å². The molecule has 5 fully saturated rings. The summed E-state index contributed by atoms with van der Waals surface area (Å²) >= 11 is 0. The number of nitrogens with zero attached hydrogens (tertiary/aromatic N) is 4. The standard InChI is InChI=1S/C23H38N4O2/c28-22-6-4-5-21-19-13-18(15-27(21)22)14-24(16-19)17-23(29)26-11-7-20(8-12-26)25-9-2-1-3-10-25/h18-21H,1-17H2. The Kier molecular flexibility index (Phi) is 5.83. The maximum atomic E-state index is 13.0. The van der Waals surface area contributed by atoms with Gasteiger partial charge in [0.2, 0.25) is 11.8 Å². The molecule has 0 aromatic rings. The lowest BCUT2D eigenvalue weighted by Gasteiger charge is -2.52. The molecule has 0 aromatic heterocycles. The van der Waals surface area contributed by atoms with Gasteiger partial charge in [-0.2, -0.15) is 0 Å². The van der Waals surface area contributed by atoms with Crippen LogP contribution in [-0.4, -0.2) is 95.9 Å². The SMILES string of the molecule is O=C(CN1CC2CC(C1)C1CCCC(=O)N1C2)N1CCC(N2CCCCC2)CC1. The van der Waals surface area contributed by atoms with E-state index in [1.807, 2.05) is 0 Å². The molecule has 162 valence electrons. The van der Waals surface area contributed by atoms with Crippen molar-refractivity contribution in [3.05, 3.63) is 0 Å². The summed E-state index contributed by atoms with van der Waals surface area (Å²) in [4.78, 5) is 34.7. The molecule has 6 nitrogen and oxygen atoms in total. The monoisotopic (exact) mass is 402 g/mol. The number of carbonyl (C=O) groups is 2. The molecule has 5 rings (SSSR count). The molecular formula is C23H38N4O2. The van der Waals surface area contributed by atoms with E-state index in [0.717, 1.165) is 64.8 Å². The van der Waals surface area contributed by atoms with E-state index in [1.54, 1.807) is 0 Å². The summed E-state index contributed by atoms with van der Waals surface area (Å²) in [6.07, 6.45) is 10.6. The van der Waals surface area contributed by atoms with Gasteiger partial charge in [0.05, 0.1) is 6.54 Å². The minimum atomic E-state index is 0.332. The van der Waals surface area contributed by atoms with Crippen LogP contribution in [0.5, 0.6) is 0 Å². The zero-order chi connectivity index (χ0) is 19.8. The van der Waals surface area contributed by atoms with Gasteiger partial charge in [0, 0.05) is 51.2 Å². The van der Waals surface area contributed by atoms with E-state index in [1.165, 1.54) is 38.8 Å². The third-order valence-corrected chi connectivity index (χ3v) is 8.34. The highest BCUT2D eigenvalue weighted by Gasteiger charge is 2.44. The highest BCUT2D eigenvalue weighted by Crippen LogP contribution is 2.37. The zero-order valence-corrected chi connectivity index (χ0v) is 17.9. The normalized spacial score (nSPS) is 34.9. The second-order valence-electron chi connectivity index (χ2n) is 10.3. The molecule has 29 heavy (non-hydrogen) atoms.